The molecule has 4 N–H and O–H groups in total. The van der Waals surface area contributed by atoms with Crippen LogP contribution in [0.5, 0.6) is 11.5 Å². The molecule has 0 spiro atoms. The van der Waals surface area contributed by atoms with Crippen LogP contribution in [-0.2, 0) is 17.6 Å². The number of hydrogen-bond donors (Lipinski definition) is 2. The summed E-state index contributed by atoms with van der Waals surface area (Å²) in [7, 11) is 3.13. The van der Waals surface area contributed by atoms with Gasteiger partial charge in [0.1, 0.15) is 5.82 Å². The van der Waals surface area contributed by atoms with E-state index in [0.717, 1.165) is 27.9 Å². The molecule has 0 saturated heterocycles. The number of allylic oxidation sites excluding steroid dienone is 2. The van der Waals surface area contributed by atoms with Gasteiger partial charge in [-0.3, -0.25) is 4.79 Å². The van der Waals surface area contributed by atoms with Crippen molar-refractivity contribution in [3.63, 3.8) is 0 Å². The van der Waals surface area contributed by atoms with E-state index in [1.54, 1.807) is 26.5 Å². The van der Waals surface area contributed by atoms with Crippen LogP contribution in [0.4, 0.5) is 11.8 Å². The van der Waals surface area contributed by atoms with Crippen LogP contribution < -0.4 is 20.9 Å². The number of ether oxygens (including phenoxy) is 2. The summed E-state index contributed by atoms with van der Waals surface area (Å²) in [5, 5.41) is 5.83. The highest BCUT2D eigenvalue weighted by atomic mass is 16.5. The van der Waals surface area contributed by atoms with Crippen molar-refractivity contribution >= 4 is 30.0 Å². The fraction of sp³-hybridized carbons (Fsp3) is 0.333. The number of carbonyl (C=O) groups excluding carboxylic acids is 1. The summed E-state index contributed by atoms with van der Waals surface area (Å²) in [5.74, 6) is 1.30. The Bertz CT molecular complexity index is 1490. The third kappa shape index (κ3) is 7.75. The molecule has 4 rings (SSSR count). The molecular formula is C33H42N6O3. The highest BCUT2D eigenvalue weighted by Gasteiger charge is 2.24. The van der Waals surface area contributed by atoms with Crippen LogP contribution in [0.25, 0.3) is 6.08 Å². The fourth-order valence-corrected chi connectivity index (χ4v) is 4.80. The van der Waals surface area contributed by atoms with Crippen LogP contribution >= 0.6 is 0 Å². The largest absolute Gasteiger partial charge is 0.493 e. The quantitative estimate of drug-likeness (QED) is 0.246. The summed E-state index contributed by atoms with van der Waals surface area (Å²) in [4.78, 5) is 21.5. The van der Waals surface area contributed by atoms with Gasteiger partial charge in [0, 0.05) is 23.6 Å². The third-order valence-electron chi connectivity index (χ3n) is 6.80. The predicted octanol–water partition coefficient (Wildman–Crippen LogP) is 6.12. The van der Waals surface area contributed by atoms with Crippen LogP contribution in [0.15, 0.2) is 59.2 Å². The maximum absolute atomic E-state index is 13.1. The molecule has 1 aliphatic heterocycles. The van der Waals surface area contributed by atoms with Gasteiger partial charge in [0.25, 0.3) is 5.91 Å². The van der Waals surface area contributed by atoms with E-state index in [4.69, 9.17) is 20.9 Å². The molecule has 1 aromatic heterocycles. The number of carbonyl (C=O) groups is 1. The topological polar surface area (TPSA) is 129 Å². The van der Waals surface area contributed by atoms with Crippen molar-refractivity contribution in [3.05, 3.63) is 87.6 Å². The van der Waals surface area contributed by atoms with Gasteiger partial charge >= 0.3 is 0 Å². The zero-order valence-corrected chi connectivity index (χ0v) is 25.6. The normalized spacial score (nSPS) is 13.7. The molecule has 0 aliphatic carbocycles. The van der Waals surface area contributed by atoms with Gasteiger partial charge in [0.05, 0.1) is 32.2 Å². The summed E-state index contributed by atoms with van der Waals surface area (Å²) in [5.41, 5.74) is 18.6. The number of aromatic nitrogens is 2. The Morgan fingerprint density at radius 2 is 1.81 bits per heavy atom. The van der Waals surface area contributed by atoms with Crippen LogP contribution in [0.2, 0.25) is 0 Å². The smallest absolute Gasteiger partial charge is 0.267 e. The Morgan fingerprint density at radius 1 is 1.07 bits per heavy atom. The number of nitrogen functional groups attached to an aromatic ring is 2. The second-order valence-electron chi connectivity index (χ2n) is 10.1. The molecule has 42 heavy (non-hydrogen) atoms. The molecule has 1 amide bonds. The number of rotatable bonds is 8. The molecule has 0 fully saturated rings. The number of aryl methyl sites for hydroxylation is 1. The zero-order chi connectivity index (χ0) is 30.8. The number of hydrogen-bond acceptors (Lipinski definition) is 8. The van der Waals surface area contributed by atoms with Gasteiger partial charge in [-0.15, -0.1) is 0 Å². The first-order valence-corrected chi connectivity index (χ1v) is 14.1. The molecule has 2 heterocycles. The molecule has 1 atom stereocenters. The highest BCUT2D eigenvalue weighted by molar-refractivity contribution is 5.95. The van der Waals surface area contributed by atoms with Crippen molar-refractivity contribution in [1.29, 1.82) is 0 Å². The number of benzene rings is 2. The van der Waals surface area contributed by atoms with Crippen LogP contribution in [0.3, 0.4) is 0 Å². The van der Waals surface area contributed by atoms with E-state index in [1.165, 1.54) is 23.1 Å². The summed E-state index contributed by atoms with van der Waals surface area (Å²) in [6.07, 6.45) is 9.41. The van der Waals surface area contributed by atoms with Crippen molar-refractivity contribution < 1.29 is 14.3 Å². The first kappa shape index (κ1) is 31.9. The van der Waals surface area contributed by atoms with Crippen molar-refractivity contribution in [2.24, 2.45) is 5.10 Å². The minimum atomic E-state index is -0.246. The lowest BCUT2D eigenvalue weighted by atomic mass is 9.99. The van der Waals surface area contributed by atoms with E-state index in [2.05, 4.69) is 41.9 Å². The molecule has 222 valence electrons. The number of anilines is 2. The van der Waals surface area contributed by atoms with Crippen molar-refractivity contribution in [2.45, 2.75) is 59.9 Å². The molecule has 9 nitrogen and oxygen atoms in total. The second kappa shape index (κ2) is 14.8. The lowest BCUT2D eigenvalue weighted by Gasteiger charge is -2.28. The summed E-state index contributed by atoms with van der Waals surface area (Å²) in [6.45, 7) is 10.3. The van der Waals surface area contributed by atoms with Crippen LogP contribution in [-0.4, -0.2) is 41.3 Å². The van der Waals surface area contributed by atoms with Gasteiger partial charge < -0.3 is 20.9 Å². The Balaban J connectivity index is 0.000000730. The maximum Gasteiger partial charge on any atom is 0.267 e. The van der Waals surface area contributed by atoms with Gasteiger partial charge in [-0.25, -0.2) is 9.99 Å². The first-order valence-electron chi connectivity index (χ1n) is 14.1. The molecule has 9 heteroatoms. The van der Waals surface area contributed by atoms with E-state index in [9.17, 15) is 4.79 Å². The molecule has 3 aromatic rings. The second-order valence-corrected chi connectivity index (χ2v) is 10.1. The Kier molecular flexibility index (Phi) is 11.2. The average Bonchev–Trinajstić information content (AvgIpc) is 2.97. The third-order valence-corrected chi connectivity index (χ3v) is 6.80. The number of nitrogens with zero attached hydrogens (tertiary/aromatic N) is 4. The molecule has 0 saturated carbocycles. The summed E-state index contributed by atoms with van der Waals surface area (Å²) < 4.78 is 11.2. The fourth-order valence-electron chi connectivity index (χ4n) is 4.80. The van der Waals surface area contributed by atoms with E-state index in [1.807, 2.05) is 50.2 Å². The van der Waals surface area contributed by atoms with E-state index >= 15 is 0 Å². The highest BCUT2D eigenvalue weighted by Crippen LogP contribution is 2.35. The minimum absolute atomic E-state index is 0.153. The monoisotopic (exact) mass is 570 g/mol. The number of amides is 1. The predicted molar refractivity (Wildman–Crippen MR) is 171 cm³/mol. The van der Waals surface area contributed by atoms with Gasteiger partial charge in [-0.1, -0.05) is 49.8 Å². The maximum atomic E-state index is 13.1. The molecule has 1 unspecified atom stereocenters. The molecular weight excluding hydrogens is 528 g/mol. The lowest BCUT2D eigenvalue weighted by Crippen LogP contribution is -2.30. The average molecular weight is 571 g/mol. The van der Waals surface area contributed by atoms with Crippen molar-refractivity contribution in [1.82, 2.24) is 15.0 Å². The van der Waals surface area contributed by atoms with E-state index < -0.39 is 0 Å². The SMILES string of the molecule is CCC=C(C)C.CCc1nc(N)nc(N)c1Cc1cc(/C=C/C(=O)N2N=Cc3ccccc3C2C)c(OC)c(OC)c1. The molecule has 1 aliphatic rings. The number of nitrogens with two attached hydrogens (primary N) is 2. The van der Waals surface area contributed by atoms with Gasteiger partial charge in [-0.2, -0.15) is 10.1 Å². The van der Waals surface area contributed by atoms with E-state index in [-0.39, 0.29) is 17.9 Å². The molecule has 0 radical (unpaired) electrons. The van der Waals surface area contributed by atoms with Gasteiger partial charge in [-0.05, 0) is 68.5 Å². The first-order chi connectivity index (χ1) is 20.1. The van der Waals surface area contributed by atoms with Crippen LogP contribution in [0.1, 0.15) is 80.6 Å². The van der Waals surface area contributed by atoms with E-state index in [0.29, 0.717) is 35.7 Å². The van der Waals surface area contributed by atoms with Gasteiger partial charge in [0.2, 0.25) is 5.95 Å². The summed E-state index contributed by atoms with van der Waals surface area (Å²) in [6, 6.07) is 11.5. The lowest BCUT2D eigenvalue weighted by molar-refractivity contribution is -0.128. The molecule has 0 bridgehead atoms. The van der Waals surface area contributed by atoms with Crippen molar-refractivity contribution in [2.75, 3.05) is 25.7 Å². The number of hydrazone groups is 1. The van der Waals surface area contributed by atoms with Gasteiger partial charge in [0.15, 0.2) is 11.5 Å². The standard InChI is InChI=1S/C27H30N6O3.C6H12/c1-5-22-21(26(28)32-27(29)31-22)13-17-12-18(25(36-4)23(14-17)35-3)10-11-24(34)33-16(2)20-9-7-6-8-19(20)15-30-33;1-4-5-6(2)3/h6-12,14-16H,5,13H2,1-4H3,(H4,28,29,31,32);5H,4H2,1-3H3/b11-10+;. The molecule has 2 aromatic carbocycles. The Labute approximate surface area is 249 Å². The minimum Gasteiger partial charge on any atom is -0.493 e. The zero-order valence-electron chi connectivity index (χ0n) is 25.6. The van der Waals surface area contributed by atoms with Crippen LogP contribution in [0, 0.1) is 0 Å². The summed E-state index contributed by atoms with van der Waals surface area (Å²) >= 11 is 0. The number of fused-ring (bicyclic) bond motifs is 1. The Morgan fingerprint density at radius 3 is 2.43 bits per heavy atom. The van der Waals surface area contributed by atoms with Crippen molar-refractivity contribution in [3.8, 4) is 11.5 Å². The number of methoxy groups -OCH3 is 2. The Hall–Kier alpha value is -4.66.